The highest BCUT2D eigenvalue weighted by molar-refractivity contribution is 7.09. The minimum absolute atomic E-state index is 0.177. The van der Waals surface area contributed by atoms with Crippen LogP contribution in [0.25, 0.3) is 0 Å². The molecule has 2 aromatic rings. The summed E-state index contributed by atoms with van der Waals surface area (Å²) in [6.45, 7) is 5.61. The number of ether oxygens (including phenoxy) is 1. The predicted octanol–water partition coefficient (Wildman–Crippen LogP) is 2.59. The third-order valence-corrected chi connectivity index (χ3v) is 4.55. The Morgan fingerprint density at radius 2 is 2.04 bits per heavy atom. The van der Waals surface area contributed by atoms with Gasteiger partial charge in [0.2, 0.25) is 0 Å². The molecule has 1 heterocycles. The molecule has 2 rings (SSSR count). The smallest absolute Gasteiger partial charge is 0.407 e. The number of hydrogen-bond donors (Lipinski definition) is 3. The molecule has 0 saturated carbocycles. The van der Waals surface area contributed by atoms with E-state index >= 15 is 0 Å². The van der Waals surface area contributed by atoms with Gasteiger partial charge in [-0.05, 0) is 24.4 Å². The summed E-state index contributed by atoms with van der Waals surface area (Å²) < 4.78 is 5.24. The molecule has 26 heavy (non-hydrogen) atoms. The quantitative estimate of drug-likeness (QED) is 0.593. The average molecular weight is 378 g/mol. The Kier molecular flexibility index (Phi) is 8.53. The fourth-order valence-corrected chi connectivity index (χ4v) is 2.96. The third kappa shape index (κ3) is 7.51. The number of alkyl carbamates (subject to hydrolysis) is 1. The molecular weight excluding hydrogens is 350 g/mol. The van der Waals surface area contributed by atoms with Crippen LogP contribution in [0.1, 0.15) is 24.3 Å². The van der Waals surface area contributed by atoms with Gasteiger partial charge in [0.1, 0.15) is 6.61 Å². The summed E-state index contributed by atoms with van der Waals surface area (Å²) in [7, 11) is 0. The lowest BCUT2D eigenvalue weighted by Gasteiger charge is -2.24. The maximum Gasteiger partial charge on any atom is 0.407 e. The van der Waals surface area contributed by atoms with E-state index in [1.54, 1.807) is 11.7 Å². The second kappa shape index (κ2) is 10.9. The standard InChI is InChI=1S/C19H27N3O3S/c1-14(2)9-20-11-18(23)17(8-15-6-4-3-5-7-15)22-19(24)25-12-16-10-21-13-26-16/h3-7,10,13-14,17-18,20,23H,8-9,11-12H2,1-2H3,(H,22,24)/t17-,18+/m0/s1. The van der Waals surface area contributed by atoms with E-state index in [0.717, 1.165) is 17.0 Å². The molecule has 0 unspecified atom stereocenters. The summed E-state index contributed by atoms with van der Waals surface area (Å²) in [5.41, 5.74) is 2.74. The summed E-state index contributed by atoms with van der Waals surface area (Å²) in [5.74, 6) is 0.493. The highest BCUT2D eigenvalue weighted by Crippen LogP contribution is 2.09. The highest BCUT2D eigenvalue weighted by atomic mass is 32.1. The number of hydrogen-bond acceptors (Lipinski definition) is 6. The van der Waals surface area contributed by atoms with Crippen LogP contribution in [0, 0.1) is 5.92 Å². The Morgan fingerprint density at radius 1 is 1.27 bits per heavy atom. The first-order chi connectivity index (χ1) is 12.5. The van der Waals surface area contributed by atoms with E-state index in [0.29, 0.717) is 18.9 Å². The molecule has 0 fully saturated rings. The molecule has 2 atom stereocenters. The number of nitrogens with zero attached hydrogens (tertiary/aromatic N) is 1. The van der Waals surface area contributed by atoms with Crippen molar-refractivity contribution in [2.75, 3.05) is 13.1 Å². The van der Waals surface area contributed by atoms with Gasteiger partial charge in [-0.15, -0.1) is 11.3 Å². The van der Waals surface area contributed by atoms with Crippen LogP contribution in [0.2, 0.25) is 0 Å². The maximum atomic E-state index is 12.1. The fourth-order valence-electron chi connectivity index (χ4n) is 2.46. The Labute approximate surface area is 158 Å². The van der Waals surface area contributed by atoms with Gasteiger partial charge in [-0.2, -0.15) is 0 Å². The summed E-state index contributed by atoms with van der Waals surface area (Å²) in [4.78, 5) is 17.0. The van der Waals surface area contributed by atoms with E-state index in [4.69, 9.17) is 4.74 Å². The highest BCUT2D eigenvalue weighted by Gasteiger charge is 2.22. The van der Waals surface area contributed by atoms with Crippen molar-refractivity contribution in [3.8, 4) is 0 Å². The molecule has 142 valence electrons. The van der Waals surface area contributed by atoms with Crippen molar-refractivity contribution in [3.05, 3.63) is 52.5 Å². The van der Waals surface area contributed by atoms with Crippen LogP contribution < -0.4 is 10.6 Å². The van der Waals surface area contributed by atoms with Crippen molar-refractivity contribution in [1.29, 1.82) is 0 Å². The molecule has 1 amide bonds. The van der Waals surface area contributed by atoms with Crippen LogP contribution in [0.3, 0.4) is 0 Å². The minimum Gasteiger partial charge on any atom is -0.444 e. The molecule has 7 heteroatoms. The lowest BCUT2D eigenvalue weighted by molar-refractivity contribution is 0.101. The Balaban J connectivity index is 1.91. The first kappa shape index (κ1) is 20.4. The number of aliphatic hydroxyl groups is 1. The largest absolute Gasteiger partial charge is 0.444 e. The zero-order valence-corrected chi connectivity index (χ0v) is 16.0. The van der Waals surface area contributed by atoms with Gasteiger partial charge >= 0.3 is 6.09 Å². The topological polar surface area (TPSA) is 83.5 Å². The predicted molar refractivity (Wildman–Crippen MR) is 103 cm³/mol. The van der Waals surface area contributed by atoms with Crippen LogP contribution in [-0.2, 0) is 17.8 Å². The van der Waals surface area contributed by atoms with Gasteiger partial charge in [0.25, 0.3) is 0 Å². The van der Waals surface area contributed by atoms with E-state index in [1.807, 2.05) is 30.3 Å². The summed E-state index contributed by atoms with van der Waals surface area (Å²) >= 11 is 1.43. The van der Waals surface area contributed by atoms with Gasteiger partial charge in [-0.1, -0.05) is 44.2 Å². The maximum absolute atomic E-state index is 12.1. The van der Waals surface area contributed by atoms with E-state index in [9.17, 15) is 9.90 Å². The van der Waals surface area contributed by atoms with Crippen LogP contribution in [0.15, 0.2) is 42.0 Å². The second-order valence-corrected chi connectivity index (χ2v) is 7.57. The molecule has 1 aromatic carbocycles. The lowest BCUT2D eigenvalue weighted by Crippen LogP contribution is -2.49. The van der Waals surface area contributed by atoms with Crippen molar-refractivity contribution >= 4 is 17.4 Å². The first-order valence-corrected chi connectivity index (χ1v) is 9.66. The van der Waals surface area contributed by atoms with Crippen molar-refractivity contribution in [3.63, 3.8) is 0 Å². The van der Waals surface area contributed by atoms with Crippen molar-refractivity contribution in [2.24, 2.45) is 5.92 Å². The number of carbonyl (C=O) groups is 1. The zero-order valence-electron chi connectivity index (χ0n) is 15.2. The summed E-state index contributed by atoms with van der Waals surface area (Å²) in [6.07, 6.45) is 0.942. The number of aromatic nitrogens is 1. The summed E-state index contributed by atoms with van der Waals surface area (Å²) in [5, 5.41) is 16.6. The molecule has 0 aliphatic heterocycles. The van der Waals surface area contributed by atoms with Gasteiger partial charge in [-0.25, -0.2) is 4.79 Å². The molecule has 3 N–H and O–H groups in total. The van der Waals surface area contributed by atoms with Gasteiger partial charge in [0.15, 0.2) is 0 Å². The number of benzene rings is 1. The van der Waals surface area contributed by atoms with E-state index < -0.39 is 18.2 Å². The van der Waals surface area contributed by atoms with Crippen LogP contribution in [0.5, 0.6) is 0 Å². The lowest BCUT2D eigenvalue weighted by atomic mass is 10.0. The van der Waals surface area contributed by atoms with Crippen molar-refractivity contribution < 1.29 is 14.6 Å². The molecule has 0 bridgehead atoms. The van der Waals surface area contributed by atoms with E-state index in [2.05, 4.69) is 29.5 Å². The minimum atomic E-state index is -0.718. The van der Waals surface area contributed by atoms with Crippen molar-refractivity contribution in [1.82, 2.24) is 15.6 Å². The zero-order chi connectivity index (χ0) is 18.8. The normalized spacial score (nSPS) is 13.4. The van der Waals surface area contributed by atoms with E-state index in [-0.39, 0.29) is 6.61 Å². The molecule has 1 aromatic heterocycles. The Bertz CT molecular complexity index is 635. The third-order valence-electron chi connectivity index (χ3n) is 3.80. The van der Waals surface area contributed by atoms with Crippen molar-refractivity contribution in [2.45, 2.75) is 39.0 Å². The number of aliphatic hydroxyl groups excluding tert-OH is 1. The molecule has 0 aliphatic rings. The van der Waals surface area contributed by atoms with Gasteiger partial charge < -0.3 is 20.5 Å². The SMILES string of the molecule is CC(C)CNC[C@@H](O)[C@H](Cc1ccccc1)NC(=O)OCc1cncs1. The van der Waals surface area contributed by atoms with Gasteiger partial charge in [-0.3, -0.25) is 4.98 Å². The van der Waals surface area contributed by atoms with Gasteiger partial charge in [0.05, 0.1) is 22.5 Å². The molecular formula is C19H27N3O3S. The summed E-state index contributed by atoms with van der Waals surface area (Å²) in [6, 6.07) is 9.34. The second-order valence-electron chi connectivity index (χ2n) is 6.60. The van der Waals surface area contributed by atoms with Crippen LogP contribution in [-0.4, -0.2) is 41.4 Å². The van der Waals surface area contributed by atoms with Gasteiger partial charge in [0, 0.05) is 12.7 Å². The number of thiazole rings is 1. The number of amides is 1. The Morgan fingerprint density at radius 3 is 2.69 bits per heavy atom. The number of rotatable bonds is 10. The number of carbonyl (C=O) groups excluding carboxylic acids is 1. The Hall–Kier alpha value is -1.96. The average Bonchev–Trinajstić information content (AvgIpc) is 3.13. The molecule has 0 saturated heterocycles. The molecule has 0 spiro atoms. The molecule has 0 aliphatic carbocycles. The van der Waals surface area contributed by atoms with E-state index in [1.165, 1.54) is 11.3 Å². The monoisotopic (exact) mass is 377 g/mol. The number of nitrogens with one attached hydrogen (secondary N) is 2. The first-order valence-electron chi connectivity index (χ1n) is 8.78. The molecule has 0 radical (unpaired) electrons. The fraction of sp³-hybridized carbons (Fsp3) is 0.474. The molecule has 6 nitrogen and oxygen atoms in total. The van der Waals surface area contributed by atoms with Crippen LogP contribution in [0.4, 0.5) is 4.79 Å². The van der Waals surface area contributed by atoms with Crippen LogP contribution >= 0.6 is 11.3 Å².